The summed E-state index contributed by atoms with van der Waals surface area (Å²) in [5.41, 5.74) is 0.701. The van der Waals surface area contributed by atoms with Crippen molar-refractivity contribution >= 4 is 0 Å². The van der Waals surface area contributed by atoms with Crippen LogP contribution in [0.15, 0.2) is 24.3 Å². The highest BCUT2D eigenvalue weighted by molar-refractivity contribution is 5.34. The zero-order chi connectivity index (χ0) is 10.2. The first-order valence-electron chi connectivity index (χ1n) is 4.79. The molecule has 0 unspecified atom stereocenters. The van der Waals surface area contributed by atoms with Crippen molar-refractivity contribution in [3.05, 3.63) is 29.8 Å². The van der Waals surface area contributed by atoms with Gasteiger partial charge in [0.1, 0.15) is 11.9 Å². The molecule has 2 rings (SSSR count). The van der Waals surface area contributed by atoms with Gasteiger partial charge >= 0.3 is 0 Å². The monoisotopic (exact) mass is 195 g/mol. The quantitative estimate of drug-likeness (QED) is 0.755. The number of halogens is 1. The first kappa shape index (κ1) is 9.46. The van der Waals surface area contributed by atoms with Gasteiger partial charge in [0.05, 0.1) is 0 Å². The molecule has 0 aromatic heterocycles. The lowest BCUT2D eigenvalue weighted by molar-refractivity contribution is 0.0716. The molecular formula is C11H14FNO. The minimum Gasteiger partial charge on any atom is -0.508 e. The van der Waals surface area contributed by atoms with Crippen molar-refractivity contribution in [1.82, 2.24) is 5.32 Å². The van der Waals surface area contributed by atoms with E-state index in [1.807, 2.05) is 13.1 Å². The van der Waals surface area contributed by atoms with E-state index >= 15 is 0 Å². The van der Waals surface area contributed by atoms with E-state index in [0.717, 1.165) is 5.56 Å². The molecule has 1 fully saturated rings. The SMILES string of the molecule is CNC1(c2cccc(O)c2)CC(F)C1. The number of phenols is 1. The predicted octanol–water partition coefficient (Wildman–Crippen LogP) is 1.94. The molecule has 3 heteroatoms. The van der Waals surface area contributed by atoms with E-state index in [0.29, 0.717) is 12.8 Å². The second-order valence-corrected chi connectivity index (χ2v) is 3.89. The van der Waals surface area contributed by atoms with Crippen LogP contribution in [-0.2, 0) is 5.54 Å². The smallest absolute Gasteiger partial charge is 0.115 e. The van der Waals surface area contributed by atoms with Gasteiger partial charge in [-0.15, -0.1) is 0 Å². The third-order valence-corrected chi connectivity index (χ3v) is 3.02. The molecule has 14 heavy (non-hydrogen) atoms. The first-order chi connectivity index (χ1) is 6.66. The first-order valence-corrected chi connectivity index (χ1v) is 4.79. The molecule has 1 aliphatic carbocycles. The van der Waals surface area contributed by atoms with Gasteiger partial charge in [0, 0.05) is 18.4 Å². The standard InChI is InChI=1S/C11H14FNO/c1-13-11(6-9(12)7-11)8-3-2-4-10(14)5-8/h2-5,9,13-14H,6-7H2,1H3. The Balaban J connectivity index is 2.29. The summed E-state index contributed by atoms with van der Waals surface area (Å²) in [5, 5.41) is 12.5. The van der Waals surface area contributed by atoms with Gasteiger partial charge in [-0.1, -0.05) is 12.1 Å². The van der Waals surface area contributed by atoms with E-state index in [4.69, 9.17) is 0 Å². The van der Waals surface area contributed by atoms with Crippen LogP contribution in [0.3, 0.4) is 0 Å². The van der Waals surface area contributed by atoms with Gasteiger partial charge in [0.25, 0.3) is 0 Å². The molecule has 1 aliphatic rings. The fourth-order valence-corrected chi connectivity index (χ4v) is 2.08. The summed E-state index contributed by atoms with van der Waals surface area (Å²) >= 11 is 0. The Kier molecular flexibility index (Phi) is 2.19. The number of benzene rings is 1. The normalized spacial score (nSPS) is 31.1. The molecule has 0 saturated heterocycles. The van der Waals surface area contributed by atoms with E-state index < -0.39 is 6.17 Å². The third kappa shape index (κ3) is 1.38. The van der Waals surface area contributed by atoms with Crippen LogP contribution in [0.25, 0.3) is 0 Å². The molecule has 0 radical (unpaired) electrons. The summed E-state index contributed by atoms with van der Waals surface area (Å²) in [6.45, 7) is 0. The van der Waals surface area contributed by atoms with E-state index in [9.17, 15) is 9.50 Å². The summed E-state index contributed by atoms with van der Waals surface area (Å²) < 4.78 is 12.9. The number of alkyl halides is 1. The van der Waals surface area contributed by atoms with E-state index in [1.54, 1.807) is 18.2 Å². The van der Waals surface area contributed by atoms with Crippen LogP contribution in [0.4, 0.5) is 4.39 Å². The molecule has 1 aromatic carbocycles. The van der Waals surface area contributed by atoms with Crippen LogP contribution in [0.1, 0.15) is 18.4 Å². The van der Waals surface area contributed by atoms with Crippen LogP contribution in [0, 0.1) is 0 Å². The molecule has 0 heterocycles. The van der Waals surface area contributed by atoms with Crippen molar-refractivity contribution in [3.63, 3.8) is 0 Å². The molecule has 0 bridgehead atoms. The summed E-state index contributed by atoms with van der Waals surface area (Å²) in [6.07, 6.45) is 0.268. The van der Waals surface area contributed by atoms with Crippen LogP contribution in [0.2, 0.25) is 0 Å². The Labute approximate surface area is 82.8 Å². The minimum atomic E-state index is -0.718. The number of aromatic hydroxyl groups is 1. The fraction of sp³-hybridized carbons (Fsp3) is 0.455. The molecule has 2 nitrogen and oxygen atoms in total. The number of rotatable bonds is 2. The zero-order valence-electron chi connectivity index (χ0n) is 8.13. The molecule has 1 saturated carbocycles. The predicted molar refractivity (Wildman–Crippen MR) is 53.0 cm³/mol. The molecule has 76 valence electrons. The van der Waals surface area contributed by atoms with Crippen molar-refractivity contribution in [1.29, 1.82) is 0 Å². The average molecular weight is 195 g/mol. The van der Waals surface area contributed by atoms with Crippen LogP contribution < -0.4 is 5.32 Å². The van der Waals surface area contributed by atoms with Crippen LogP contribution in [-0.4, -0.2) is 18.3 Å². The highest BCUT2D eigenvalue weighted by Gasteiger charge is 2.44. The molecule has 0 atom stereocenters. The highest BCUT2D eigenvalue weighted by Crippen LogP contribution is 2.43. The molecule has 0 spiro atoms. The minimum absolute atomic E-state index is 0.236. The third-order valence-electron chi connectivity index (χ3n) is 3.02. The van der Waals surface area contributed by atoms with E-state index in [-0.39, 0.29) is 11.3 Å². The van der Waals surface area contributed by atoms with Gasteiger partial charge in [0.15, 0.2) is 0 Å². The van der Waals surface area contributed by atoms with Crippen LogP contribution in [0.5, 0.6) is 5.75 Å². The van der Waals surface area contributed by atoms with Gasteiger partial charge in [-0.3, -0.25) is 0 Å². The Hall–Kier alpha value is -1.09. The van der Waals surface area contributed by atoms with Crippen molar-refractivity contribution in [2.24, 2.45) is 0 Å². The Bertz CT molecular complexity index is 334. The van der Waals surface area contributed by atoms with Crippen molar-refractivity contribution in [3.8, 4) is 5.75 Å². The van der Waals surface area contributed by atoms with Crippen LogP contribution >= 0.6 is 0 Å². The van der Waals surface area contributed by atoms with E-state index in [2.05, 4.69) is 5.32 Å². The topological polar surface area (TPSA) is 32.3 Å². The fourth-order valence-electron chi connectivity index (χ4n) is 2.08. The molecule has 0 amide bonds. The largest absolute Gasteiger partial charge is 0.508 e. The van der Waals surface area contributed by atoms with Gasteiger partial charge in [-0.25, -0.2) is 4.39 Å². The lowest BCUT2D eigenvalue weighted by atomic mass is 9.70. The Morgan fingerprint density at radius 2 is 2.21 bits per heavy atom. The van der Waals surface area contributed by atoms with Crippen molar-refractivity contribution in [2.45, 2.75) is 24.6 Å². The molecular weight excluding hydrogens is 181 g/mol. The Morgan fingerprint density at radius 3 is 2.71 bits per heavy atom. The maximum Gasteiger partial charge on any atom is 0.115 e. The number of hydrogen-bond donors (Lipinski definition) is 2. The van der Waals surface area contributed by atoms with Crippen molar-refractivity contribution < 1.29 is 9.50 Å². The maximum atomic E-state index is 12.9. The number of hydrogen-bond acceptors (Lipinski definition) is 2. The highest BCUT2D eigenvalue weighted by atomic mass is 19.1. The van der Waals surface area contributed by atoms with Gasteiger partial charge in [0.2, 0.25) is 0 Å². The number of phenolic OH excluding ortho intramolecular Hbond substituents is 1. The van der Waals surface area contributed by atoms with E-state index in [1.165, 1.54) is 0 Å². The maximum absolute atomic E-state index is 12.9. The van der Waals surface area contributed by atoms with Crippen molar-refractivity contribution in [2.75, 3.05) is 7.05 Å². The van der Waals surface area contributed by atoms with Gasteiger partial charge in [-0.05, 0) is 24.7 Å². The summed E-state index contributed by atoms with van der Waals surface area (Å²) in [4.78, 5) is 0. The lowest BCUT2D eigenvalue weighted by Crippen LogP contribution is -2.52. The zero-order valence-corrected chi connectivity index (χ0v) is 8.13. The molecule has 2 N–H and O–H groups in total. The second-order valence-electron chi connectivity index (χ2n) is 3.89. The molecule has 1 aromatic rings. The second kappa shape index (κ2) is 3.24. The van der Waals surface area contributed by atoms with Gasteiger partial charge < -0.3 is 10.4 Å². The Morgan fingerprint density at radius 1 is 1.50 bits per heavy atom. The number of nitrogens with one attached hydrogen (secondary N) is 1. The average Bonchev–Trinajstić information content (AvgIpc) is 2.12. The summed E-state index contributed by atoms with van der Waals surface area (Å²) in [6, 6.07) is 7.03. The van der Waals surface area contributed by atoms with Gasteiger partial charge in [-0.2, -0.15) is 0 Å². The summed E-state index contributed by atoms with van der Waals surface area (Å²) in [7, 11) is 1.83. The lowest BCUT2D eigenvalue weighted by Gasteiger charge is -2.44. The molecule has 0 aliphatic heterocycles. The summed E-state index contributed by atoms with van der Waals surface area (Å²) in [5.74, 6) is 0.236.